The molecule has 0 saturated carbocycles. The minimum absolute atomic E-state index is 0.0374. The van der Waals surface area contributed by atoms with E-state index in [0.717, 1.165) is 26.3 Å². The van der Waals surface area contributed by atoms with Gasteiger partial charge in [-0.25, -0.2) is 13.2 Å². The number of carbonyl (C=O) groups is 1. The quantitative estimate of drug-likeness (QED) is 0.443. The highest BCUT2D eigenvalue weighted by Crippen LogP contribution is 2.41. The van der Waals surface area contributed by atoms with Crippen molar-refractivity contribution in [1.82, 2.24) is 0 Å². The van der Waals surface area contributed by atoms with Crippen molar-refractivity contribution < 1.29 is 18.3 Å². The summed E-state index contributed by atoms with van der Waals surface area (Å²) in [4.78, 5) is 13.4. The second-order valence-corrected chi connectivity index (χ2v) is 9.96. The normalized spacial score (nSPS) is 11.6. The molecule has 0 saturated heterocycles. The molecule has 0 aliphatic carbocycles. The molecule has 5 nitrogen and oxygen atoms in total. The summed E-state index contributed by atoms with van der Waals surface area (Å²) in [5.41, 5.74) is 0.667. The molecule has 2 aromatic heterocycles. The Balaban J connectivity index is 1.77. The number of carboxylic acid groups (broad SMARTS) is 1. The van der Waals surface area contributed by atoms with Crippen LogP contribution in [0, 0.1) is 6.92 Å². The molecule has 28 heavy (non-hydrogen) atoms. The average molecular weight is 430 g/mol. The van der Waals surface area contributed by atoms with Crippen LogP contribution in [-0.2, 0) is 10.0 Å². The van der Waals surface area contributed by atoms with Crippen molar-refractivity contribution in [2.75, 3.05) is 4.72 Å². The number of anilines is 1. The van der Waals surface area contributed by atoms with Gasteiger partial charge in [-0.1, -0.05) is 36.4 Å². The van der Waals surface area contributed by atoms with Crippen LogP contribution in [-0.4, -0.2) is 19.5 Å². The van der Waals surface area contributed by atoms with E-state index < -0.39 is 16.0 Å². The molecule has 8 heteroatoms. The van der Waals surface area contributed by atoms with Crippen LogP contribution in [0.15, 0.2) is 65.6 Å². The van der Waals surface area contributed by atoms with Crippen molar-refractivity contribution in [3.8, 4) is 9.75 Å². The van der Waals surface area contributed by atoms with Crippen LogP contribution >= 0.6 is 22.7 Å². The van der Waals surface area contributed by atoms with E-state index in [0.29, 0.717) is 10.4 Å². The van der Waals surface area contributed by atoms with Gasteiger partial charge in [-0.15, -0.1) is 22.7 Å². The van der Waals surface area contributed by atoms with Crippen LogP contribution in [0.4, 0.5) is 5.69 Å². The van der Waals surface area contributed by atoms with Crippen LogP contribution in [0.1, 0.15) is 15.2 Å². The first kappa shape index (κ1) is 18.7. The summed E-state index contributed by atoms with van der Waals surface area (Å²) >= 11 is 2.60. The maximum atomic E-state index is 12.8. The molecule has 2 heterocycles. The van der Waals surface area contributed by atoms with Crippen LogP contribution in [0.25, 0.3) is 19.8 Å². The molecule has 0 bridgehead atoms. The number of sulfonamides is 1. The fourth-order valence-electron chi connectivity index (χ4n) is 2.91. The minimum Gasteiger partial charge on any atom is -0.477 e. The number of rotatable bonds is 5. The van der Waals surface area contributed by atoms with Crippen molar-refractivity contribution in [2.45, 2.75) is 11.8 Å². The molecule has 0 atom stereocenters. The first-order valence-electron chi connectivity index (χ1n) is 8.30. The van der Waals surface area contributed by atoms with Gasteiger partial charge < -0.3 is 5.11 Å². The number of thiophene rings is 2. The number of carboxylic acids is 1. The van der Waals surface area contributed by atoms with Gasteiger partial charge in [-0.3, -0.25) is 4.72 Å². The maximum absolute atomic E-state index is 12.8. The van der Waals surface area contributed by atoms with Gasteiger partial charge in [0, 0.05) is 14.5 Å². The Bertz CT molecular complexity index is 1270. The van der Waals surface area contributed by atoms with Gasteiger partial charge in [-0.2, -0.15) is 0 Å². The summed E-state index contributed by atoms with van der Waals surface area (Å²) in [5, 5.41) is 10.6. The summed E-state index contributed by atoms with van der Waals surface area (Å²) in [6, 6.07) is 18.0. The van der Waals surface area contributed by atoms with Gasteiger partial charge in [0.1, 0.15) is 4.88 Å². The zero-order chi connectivity index (χ0) is 19.9. The van der Waals surface area contributed by atoms with Crippen molar-refractivity contribution >= 4 is 54.4 Å². The van der Waals surface area contributed by atoms with E-state index in [4.69, 9.17) is 0 Å². The van der Waals surface area contributed by atoms with E-state index in [1.165, 1.54) is 6.07 Å². The smallest absolute Gasteiger partial charge is 0.348 e. The third-order valence-electron chi connectivity index (χ3n) is 4.22. The topological polar surface area (TPSA) is 83.5 Å². The number of hydrogen-bond acceptors (Lipinski definition) is 5. The second-order valence-electron chi connectivity index (χ2n) is 6.18. The van der Waals surface area contributed by atoms with Crippen molar-refractivity contribution in [1.29, 1.82) is 0 Å². The third kappa shape index (κ3) is 3.42. The molecule has 0 aliphatic rings. The molecular weight excluding hydrogens is 414 g/mol. The van der Waals surface area contributed by atoms with Gasteiger partial charge in [0.25, 0.3) is 10.0 Å². The third-order valence-corrected chi connectivity index (χ3v) is 8.18. The van der Waals surface area contributed by atoms with Crippen molar-refractivity contribution in [3.05, 3.63) is 71.1 Å². The molecule has 0 radical (unpaired) electrons. The lowest BCUT2D eigenvalue weighted by Crippen LogP contribution is -2.15. The van der Waals surface area contributed by atoms with Crippen LogP contribution in [0.5, 0.6) is 0 Å². The molecule has 2 aromatic carbocycles. The van der Waals surface area contributed by atoms with Crippen molar-refractivity contribution in [2.24, 2.45) is 0 Å². The molecule has 4 aromatic rings. The van der Waals surface area contributed by atoms with Crippen LogP contribution in [0.3, 0.4) is 0 Å². The summed E-state index contributed by atoms with van der Waals surface area (Å²) < 4.78 is 29.1. The highest BCUT2D eigenvalue weighted by molar-refractivity contribution is 7.92. The molecule has 0 unspecified atom stereocenters. The van der Waals surface area contributed by atoms with E-state index in [1.807, 2.05) is 30.3 Å². The molecule has 2 N–H and O–H groups in total. The number of aromatic carboxylic acids is 1. The fourth-order valence-corrected chi connectivity index (χ4v) is 6.37. The lowest BCUT2D eigenvalue weighted by atomic mass is 10.2. The summed E-state index contributed by atoms with van der Waals surface area (Å²) in [7, 11) is -3.90. The predicted molar refractivity (Wildman–Crippen MR) is 114 cm³/mol. The minimum atomic E-state index is -3.90. The van der Waals surface area contributed by atoms with E-state index in [9.17, 15) is 18.3 Å². The Morgan fingerprint density at radius 1 is 0.964 bits per heavy atom. The highest BCUT2D eigenvalue weighted by atomic mass is 32.2. The molecule has 142 valence electrons. The van der Waals surface area contributed by atoms with E-state index >= 15 is 0 Å². The maximum Gasteiger partial charge on any atom is 0.348 e. The molecule has 0 fully saturated rings. The molecule has 0 spiro atoms. The zero-order valence-electron chi connectivity index (χ0n) is 14.7. The summed E-state index contributed by atoms with van der Waals surface area (Å²) in [6.45, 7) is 1.70. The molecule has 0 amide bonds. The predicted octanol–water partition coefficient (Wildman–Crippen LogP) is 5.44. The Hall–Kier alpha value is -2.68. The Labute approximate surface area is 170 Å². The largest absolute Gasteiger partial charge is 0.477 e. The Morgan fingerprint density at radius 3 is 2.36 bits per heavy atom. The lowest BCUT2D eigenvalue weighted by Gasteiger charge is -2.09. The monoisotopic (exact) mass is 429 g/mol. The Morgan fingerprint density at radius 2 is 1.64 bits per heavy atom. The standard InChI is InChI=1S/C20H15NO4S3/c1-12-6-2-5-9-18(12)28(24,25)21-14-11-17(27-19(14)20(22)23)16-10-13-7-3-4-8-15(13)26-16/h2-11,21H,1H3,(H,22,23). The fraction of sp³-hybridized carbons (Fsp3) is 0.0500. The van der Waals surface area contributed by atoms with Gasteiger partial charge in [-0.05, 0) is 42.1 Å². The number of nitrogens with one attached hydrogen (secondary N) is 1. The van der Waals surface area contributed by atoms with Crippen LogP contribution in [0.2, 0.25) is 0 Å². The lowest BCUT2D eigenvalue weighted by molar-refractivity contribution is 0.0703. The SMILES string of the molecule is Cc1ccccc1S(=O)(=O)Nc1cc(-c2cc3ccccc3s2)sc1C(=O)O. The van der Waals surface area contributed by atoms with Crippen LogP contribution < -0.4 is 4.72 Å². The average Bonchev–Trinajstić information content (AvgIpc) is 3.25. The second kappa shape index (κ2) is 7.05. The number of fused-ring (bicyclic) bond motifs is 1. The van der Waals surface area contributed by atoms with E-state index in [1.54, 1.807) is 42.5 Å². The number of hydrogen-bond donors (Lipinski definition) is 2. The van der Waals surface area contributed by atoms with E-state index in [-0.39, 0.29) is 15.5 Å². The first-order chi connectivity index (χ1) is 13.3. The highest BCUT2D eigenvalue weighted by Gasteiger charge is 2.23. The zero-order valence-corrected chi connectivity index (χ0v) is 17.1. The van der Waals surface area contributed by atoms with E-state index in [2.05, 4.69) is 4.72 Å². The van der Waals surface area contributed by atoms with Gasteiger partial charge in [0.05, 0.1) is 10.6 Å². The molecule has 0 aliphatic heterocycles. The number of aryl methyl sites for hydroxylation is 1. The molecular formula is C20H15NO4S3. The summed E-state index contributed by atoms with van der Waals surface area (Å²) in [6.07, 6.45) is 0. The van der Waals surface area contributed by atoms with Crippen molar-refractivity contribution in [3.63, 3.8) is 0 Å². The first-order valence-corrected chi connectivity index (χ1v) is 11.4. The molecule has 4 rings (SSSR count). The van der Waals surface area contributed by atoms with Gasteiger partial charge in [0.15, 0.2) is 0 Å². The van der Waals surface area contributed by atoms with Gasteiger partial charge in [0.2, 0.25) is 0 Å². The Kier molecular flexibility index (Phi) is 4.70. The number of benzene rings is 2. The van der Waals surface area contributed by atoms with Gasteiger partial charge >= 0.3 is 5.97 Å². The summed E-state index contributed by atoms with van der Waals surface area (Å²) in [5.74, 6) is -1.17.